The van der Waals surface area contributed by atoms with Crippen molar-refractivity contribution < 1.29 is 4.52 Å². The number of nitrogens with one attached hydrogen (secondary N) is 1. The second-order valence-corrected chi connectivity index (χ2v) is 7.61. The number of benzene rings is 1. The van der Waals surface area contributed by atoms with Crippen molar-refractivity contribution in [1.29, 1.82) is 0 Å². The van der Waals surface area contributed by atoms with Crippen molar-refractivity contribution in [3.63, 3.8) is 0 Å². The molecular weight excluding hydrogens is 344 g/mol. The van der Waals surface area contributed by atoms with E-state index in [1.165, 1.54) is 16.7 Å². The second-order valence-electron chi connectivity index (χ2n) is 7.23. The maximum atomic E-state index is 5.69. The summed E-state index contributed by atoms with van der Waals surface area (Å²) in [5, 5.41) is 8.38. The van der Waals surface area contributed by atoms with Crippen LogP contribution in [0.15, 0.2) is 22.7 Å². The summed E-state index contributed by atoms with van der Waals surface area (Å²) >= 11 is 5.69. The Balaban J connectivity index is 1.58. The Morgan fingerprint density at radius 2 is 1.81 bits per heavy atom. The number of rotatable bonds is 3. The molecule has 5 nitrogen and oxygen atoms in total. The normalized spacial score (nSPS) is 15.8. The number of hydrogen-bond donors (Lipinski definition) is 1. The molecule has 1 aromatic heterocycles. The van der Waals surface area contributed by atoms with Gasteiger partial charge in [-0.15, -0.1) is 0 Å². The zero-order valence-corrected chi connectivity index (χ0v) is 16.9. The minimum Gasteiger partial charge on any atom is -0.361 e. The molecule has 0 bridgehead atoms. The molecule has 6 heteroatoms. The van der Waals surface area contributed by atoms with Gasteiger partial charge in [0.15, 0.2) is 5.11 Å². The molecule has 0 atom stereocenters. The third-order valence-electron chi connectivity index (χ3n) is 5.02. The fourth-order valence-corrected chi connectivity index (χ4v) is 3.64. The second kappa shape index (κ2) is 8.18. The van der Waals surface area contributed by atoms with Crippen molar-refractivity contribution in [3.8, 4) is 0 Å². The lowest BCUT2D eigenvalue weighted by atomic mass is 10.1. The number of anilines is 1. The van der Waals surface area contributed by atoms with Gasteiger partial charge in [0.1, 0.15) is 5.76 Å². The number of thiocarbonyl (C=S) groups is 1. The molecule has 1 fully saturated rings. The molecule has 140 valence electrons. The van der Waals surface area contributed by atoms with Crippen LogP contribution >= 0.6 is 12.2 Å². The number of nitrogens with zero attached hydrogens (tertiary/aromatic N) is 3. The van der Waals surface area contributed by atoms with E-state index >= 15 is 0 Å². The van der Waals surface area contributed by atoms with E-state index in [4.69, 9.17) is 16.7 Å². The summed E-state index contributed by atoms with van der Waals surface area (Å²) in [6.07, 6.45) is 1.09. The molecular formula is C20H28N4OS. The Bertz CT molecular complexity index is 786. The topological polar surface area (TPSA) is 44.5 Å². The highest BCUT2D eigenvalue weighted by molar-refractivity contribution is 7.80. The zero-order chi connectivity index (χ0) is 18.7. The average Bonchev–Trinajstić information content (AvgIpc) is 2.85. The van der Waals surface area contributed by atoms with Crippen molar-refractivity contribution in [1.82, 2.24) is 15.0 Å². The van der Waals surface area contributed by atoms with Gasteiger partial charge in [0.25, 0.3) is 0 Å². The first-order chi connectivity index (χ1) is 12.4. The molecule has 1 aromatic carbocycles. The van der Waals surface area contributed by atoms with Gasteiger partial charge in [-0.2, -0.15) is 0 Å². The molecule has 1 saturated heterocycles. The van der Waals surface area contributed by atoms with Crippen LogP contribution in [0, 0.1) is 27.7 Å². The highest BCUT2D eigenvalue weighted by Crippen LogP contribution is 2.21. The molecule has 1 aliphatic heterocycles. The Morgan fingerprint density at radius 1 is 1.04 bits per heavy atom. The first-order valence-electron chi connectivity index (χ1n) is 9.20. The third kappa shape index (κ3) is 4.62. The lowest BCUT2D eigenvalue weighted by Crippen LogP contribution is -2.38. The van der Waals surface area contributed by atoms with Crippen LogP contribution in [0.3, 0.4) is 0 Å². The molecule has 2 aromatic rings. The van der Waals surface area contributed by atoms with Gasteiger partial charge >= 0.3 is 0 Å². The fraction of sp³-hybridized carbons (Fsp3) is 0.500. The minimum absolute atomic E-state index is 0.815. The van der Waals surface area contributed by atoms with Gasteiger partial charge in [-0.05, 0) is 69.1 Å². The van der Waals surface area contributed by atoms with Crippen molar-refractivity contribution in [2.45, 2.75) is 40.7 Å². The van der Waals surface area contributed by atoms with E-state index in [0.717, 1.165) is 61.4 Å². The van der Waals surface area contributed by atoms with Crippen LogP contribution in [-0.2, 0) is 6.54 Å². The molecule has 0 amide bonds. The van der Waals surface area contributed by atoms with Gasteiger partial charge in [-0.3, -0.25) is 4.90 Å². The summed E-state index contributed by atoms with van der Waals surface area (Å²) in [4.78, 5) is 4.69. The average molecular weight is 373 g/mol. The first kappa shape index (κ1) is 18.9. The molecule has 3 rings (SSSR count). The Morgan fingerprint density at radius 3 is 2.54 bits per heavy atom. The molecule has 0 saturated carbocycles. The smallest absolute Gasteiger partial charge is 0.173 e. The van der Waals surface area contributed by atoms with Crippen molar-refractivity contribution >= 4 is 23.0 Å². The molecule has 0 unspecified atom stereocenters. The van der Waals surface area contributed by atoms with Crippen LogP contribution in [0.5, 0.6) is 0 Å². The van der Waals surface area contributed by atoms with E-state index in [2.05, 4.69) is 53.2 Å². The molecule has 1 N–H and O–H groups in total. The predicted octanol–water partition coefficient (Wildman–Crippen LogP) is 3.81. The van der Waals surface area contributed by atoms with E-state index in [1.54, 1.807) is 0 Å². The SMILES string of the molecule is Cc1cc(CN2CCCN(C(=S)Nc3cc(C)c(C)cc3C)CC2)no1. The Kier molecular flexibility index (Phi) is 5.94. The largest absolute Gasteiger partial charge is 0.361 e. The molecule has 0 aliphatic carbocycles. The molecule has 0 spiro atoms. The summed E-state index contributed by atoms with van der Waals surface area (Å²) in [6.45, 7) is 13.1. The maximum Gasteiger partial charge on any atom is 0.173 e. The Hall–Kier alpha value is -1.92. The maximum absolute atomic E-state index is 5.69. The predicted molar refractivity (Wildman–Crippen MR) is 110 cm³/mol. The van der Waals surface area contributed by atoms with Gasteiger partial charge in [0.05, 0.1) is 5.69 Å². The van der Waals surface area contributed by atoms with E-state index in [9.17, 15) is 0 Å². The quantitative estimate of drug-likeness (QED) is 0.827. The van der Waals surface area contributed by atoms with Crippen molar-refractivity contribution in [2.75, 3.05) is 31.5 Å². The Labute approximate surface area is 161 Å². The van der Waals surface area contributed by atoms with Gasteiger partial charge in [-0.25, -0.2) is 0 Å². The van der Waals surface area contributed by atoms with Crippen LogP contribution in [-0.4, -0.2) is 46.2 Å². The van der Waals surface area contributed by atoms with Gasteiger partial charge < -0.3 is 14.7 Å². The van der Waals surface area contributed by atoms with Crippen LogP contribution in [0.4, 0.5) is 5.69 Å². The lowest BCUT2D eigenvalue weighted by molar-refractivity contribution is 0.267. The van der Waals surface area contributed by atoms with Crippen molar-refractivity contribution in [2.24, 2.45) is 0 Å². The van der Waals surface area contributed by atoms with E-state index in [0.29, 0.717) is 0 Å². The molecule has 2 heterocycles. The fourth-order valence-electron chi connectivity index (χ4n) is 3.34. The monoisotopic (exact) mass is 372 g/mol. The summed E-state index contributed by atoms with van der Waals surface area (Å²) < 4.78 is 5.17. The van der Waals surface area contributed by atoms with Gasteiger partial charge in [-0.1, -0.05) is 11.2 Å². The van der Waals surface area contributed by atoms with Gasteiger partial charge in [0, 0.05) is 44.5 Å². The van der Waals surface area contributed by atoms with Crippen molar-refractivity contribution in [3.05, 3.63) is 46.3 Å². The summed E-state index contributed by atoms with van der Waals surface area (Å²) in [5.41, 5.74) is 5.94. The number of hydrogen-bond acceptors (Lipinski definition) is 4. The summed E-state index contributed by atoms with van der Waals surface area (Å²) in [7, 11) is 0. The number of aromatic nitrogens is 1. The highest BCUT2D eigenvalue weighted by atomic mass is 32.1. The molecule has 26 heavy (non-hydrogen) atoms. The van der Waals surface area contributed by atoms with Gasteiger partial charge in [0.2, 0.25) is 0 Å². The van der Waals surface area contributed by atoms with E-state index in [1.807, 2.05) is 13.0 Å². The zero-order valence-electron chi connectivity index (χ0n) is 16.1. The third-order valence-corrected chi connectivity index (χ3v) is 5.38. The van der Waals surface area contributed by atoms with Crippen LogP contribution in [0.2, 0.25) is 0 Å². The van der Waals surface area contributed by atoms with E-state index in [-0.39, 0.29) is 0 Å². The molecule has 0 radical (unpaired) electrons. The highest BCUT2D eigenvalue weighted by Gasteiger charge is 2.18. The minimum atomic E-state index is 0.815. The van der Waals surface area contributed by atoms with E-state index < -0.39 is 0 Å². The lowest BCUT2D eigenvalue weighted by Gasteiger charge is -2.25. The number of aryl methyl sites for hydroxylation is 4. The van der Waals surface area contributed by atoms with Crippen LogP contribution < -0.4 is 5.32 Å². The summed E-state index contributed by atoms with van der Waals surface area (Å²) in [6, 6.07) is 6.41. The first-order valence-corrected chi connectivity index (χ1v) is 9.61. The van der Waals surface area contributed by atoms with Crippen LogP contribution in [0.1, 0.15) is 34.6 Å². The standard InChI is InChI=1S/C20H28N4OS/c1-14-10-16(3)19(11-15(14)2)21-20(26)24-7-5-6-23(8-9-24)13-18-12-17(4)25-22-18/h10-12H,5-9,13H2,1-4H3,(H,21,26). The van der Waals surface area contributed by atoms with Crippen LogP contribution in [0.25, 0.3) is 0 Å². The summed E-state index contributed by atoms with van der Waals surface area (Å²) in [5.74, 6) is 0.866. The molecule has 1 aliphatic rings.